The number of hydrogen-bond acceptors (Lipinski definition) is 5. The number of anilines is 2. The highest BCUT2D eigenvalue weighted by Gasteiger charge is 2.07. The van der Waals surface area contributed by atoms with Crippen molar-refractivity contribution in [3.05, 3.63) is 6.33 Å². The molecule has 0 aliphatic rings. The molecule has 14 heavy (non-hydrogen) atoms. The Balaban J connectivity index is 2.53. The molecule has 0 fully saturated rings. The van der Waals surface area contributed by atoms with Crippen molar-refractivity contribution >= 4 is 28.8 Å². The molecule has 0 saturated carbocycles. The standard InChI is InChI=1S/C7H8N6O/c1-3(14)11-7-12-5(8)4-6(13-7)10-2-9-4/h2H,1H3,(H4,8,9,10,11,12,13,14). The molecular weight excluding hydrogens is 184 g/mol. The van der Waals surface area contributed by atoms with Gasteiger partial charge in [0.05, 0.1) is 6.33 Å². The number of aromatic nitrogens is 4. The van der Waals surface area contributed by atoms with Crippen molar-refractivity contribution in [2.75, 3.05) is 11.1 Å². The molecule has 1 amide bonds. The first-order valence-corrected chi connectivity index (χ1v) is 3.91. The fourth-order valence-electron chi connectivity index (χ4n) is 1.07. The molecule has 0 aromatic carbocycles. The summed E-state index contributed by atoms with van der Waals surface area (Å²) < 4.78 is 0. The lowest BCUT2D eigenvalue weighted by atomic mass is 10.5. The molecule has 0 bridgehead atoms. The van der Waals surface area contributed by atoms with Crippen LogP contribution in [0.1, 0.15) is 6.92 Å². The predicted molar refractivity (Wildman–Crippen MR) is 50.4 cm³/mol. The molecule has 7 nitrogen and oxygen atoms in total. The molecule has 0 radical (unpaired) electrons. The Morgan fingerprint density at radius 2 is 2.36 bits per heavy atom. The lowest BCUT2D eigenvalue weighted by Crippen LogP contribution is -2.10. The number of nitrogens with zero attached hydrogens (tertiary/aromatic N) is 3. The van der Waals surface area contributed by atoms with Crippen LogP contribution in [-0.2, 0) is 4.79 Å². The third kappa shape index (κ3) is 1.35. The van der Waals surface area contributed by atoms with Crippen molar-refractivity contribution in [2.24, 2.45) is 0 Å². The normalized spacial score (nSPS) is 10.4. The molecule has 0 aliphatic heterocycles. The number of carbonyl (C=O) groups excluding carboxylic acids is 1. The maximum atomic E-state index is 10.7. The zero-order valence-electron chi connectivity index (χ0n) is 7.40. The van der Waals surface area contributed by atoms with Gasteiger partial charge in [0.2, 0.25) is 11.9 Å². The first kappa shape index (κ1) is 8.42. The fourth-order valence-corrected chi connectivity index (χ4v) is 1.07. The number of nitrogen functional groups attached to an aromatic ring is 1. The molecule has 2 rings (SSSR count). The first-order valence-electron chi connectivity index (χ1n) is 3.91. The van der Waals surface area contributed by atoms with E-state index >= 15 is 0 Å². The van der Waals surface area contributed by atoms with Crippen LogP contribution in [0.4, 0.5) is 11.8 Å². The lowest BCUT2D eigenvalue weighted by molar-refractivity contribution is -0.114. The summed E-state index contributed by atoms with van der Waals surface area (Å²) in [5.74, 6) is 0.162. The van der Waals surface area contributed by atoms with Crippen LogP contribution in [0, 0.1) is 0 Å². The molecular formula is C7H8N6O. The van der Waals surface area contributed by atoms with Crippen molar-refractivity contribution in [1.29, 1.82) is 0 Å². The highest BCUT2D eigenvalue weighted by atomic mass is 16.1. The molecule has 2 aromatic rings. The number of nitrogens with two attached hydrogens (primary N) is 1. The van der Waals surface area contributed by atoms with Crippen LogP contribution in [0.5, 0.6) is 0 Å². The zero-order chi connectivity index (χ0) is 10.1. The van der Waals surface area contributed by atoms with E-state index in [0.29, 0.717) is 11.2 Å². The maximum absolute atomic E-state index is 10.7. The molecule has 0 unspecified atom stereocenters. The van der Waals surface area contributed by atoms with Gasteiger partial charge in [-0.3, -0.25) is 10.1 Å². The average molecular weight is 192 g/mol. The number of aromatic amines is 1. The number of amides is 1. The van der Waals surface area contributed by atoms with Crippen LogP contribution in [0.15, 0.2) is 6.33 Å². The largest absolute Gasteiger partial charge is 0.382 e. The third-order valence-corrected chi connectivity index (χ3v) is 1.59. The predicted octanol–water partition coefficient (Wildman–Crippen LogP) is -0.107. The summed E-state index contributed by atoms with van der Waals surface area (Å²) in [6.07, 6.45) is 1.47. The van der Waals surface area contributed by atoms with Gasteiger partial charge < -0.3 is 10.7 Å². The Hall–Kier alpha value is -2.18. The zero-order valence-corrected chi connectivity index (χ0v) is 7.40. The van der Waals surface area contributed by atoms with Gasteiger partial charge in [0.1, 0.15) is 5.52 Å². The summed E-state index contributed by atoms with van der Waals surface area (Å²) >= 11 is 0. The van der Waals surface area contributed by atoms with Crippen LogP contribution < -0.4 is 11.1 Å². The fraction of sp³-hybridized carbons (Fsp3) is 0.143. The molecule has 0 spiro atoms. The van der Waals surface area contributed by atoms with Gasteiger partial charge in [-0.25, -0.2) is 4.98 Å². The van der Waals surface area contributed by atoms with Crippen molar-refractivity contribution < 1.29 is 4.79 Å². The number of carbonyl (C=O) groups is 1. The minimum atomic E-state index is -0.247. The Kier molecular flexibility index (Phi) is 1.77. The van der Waals surface area contributed by atoms with E-state index in [4.69, 9.17) is 5.73 Å². The molecule has 2 aromatic heterocycles. The van der Waals surface area contributed by atoms with Gasteiger partial charge in [0.25, 0.3) is 0 Å². The summed E-state index contributed by atoms with van der Waals surface area (Å²) in [6.45, 7) is 1.37. The molecule has 0 atom stereocenters. The number of imidazole rings is 1. The molecule has 2 heterocycles. The van der Waals surface area contributed by atoms with E-state index in [1.54, 1.807) is 0 Å². The summed E-state index contributed by atoms with van der Waals surface area (Å²) in [4.78, 5) is 25.3. The number of rotatable bonds is 1. The van der Waals surface area contributed by atoms with Gasteiger partial charge >= 0.3 is 0 Å². The Morgan fingerprint density at radius 3 is 3.07 bits per heavy atom. The summed E-state index contributed by atoms with van der Waals surface area (Å²) in [7, 11) is 0. The molecule has 7 heteroatoms. The highest BCUT2D eigenvalue weighted by molar-refractivity contribution is 5.89. The van der Waals surface area contributed by atoms with E-state index in [2.05, 4.69) is 25.3 Å². The van der Waals surface area contributed by atoms with Crippen LogP contribution in [0.25, 0.3) is 11.2 Å². The lowest BCUT2D eigenvalue weighted by Gasteiger charge is -2.00. The van der Waals surface area contributed by atoms with Gasteiger partial charge in [-0.1, -0.05) is 0 Å². The summed E-state index contributed by atoms with van der Waals surface area (Å²) in [6, 6.07) is 0. The molecule has 72 valence electrons. The number of H-pyrrole nitrogens is 1. The summed E-state index contributed by atoms with van der Waals surface area (Å²) in [5, 5.41) is 2.44. The number of fused-ring (bicyclic) bond motifs is 1. The van der Waals surface area contributed by atoms with Gasteiger partial charge in [0.15, 0.2) is 11.5 Å². The molecule has 4 N–H and O–H groups in total. The van der Waals surface area contributed by atoms with Crippen LogP contribution in [0.2, 0.25) is 0 Å². The van der Waals surface area contributed by atoms with Gasteiger partial charge in [-0.2, -0.15) is 9.97 Å². The smallest absolute Gasteiger partial charge is 0.233 e. The van der Waals surface area contributed by atoms with Gasteiger partial charge in [0, 0.05) is 6.92 Å². The minimum Gasteiger partial charge on any atom is -0.382 e. The van der Waals surface area contributed by atoms with Gasteiger partial charge in [-0.05, 0) is 0 Å². The second kappa shape index (κ2) is 2.95. The Morgan fingerprint density at radius 1 is 1.57 bits per heavy atom. The molecule has 0 aliphatic carbocycles. The summed E-state index contributed by atoms with van der Waals surface area (Å²) in [5.41, 5.74) is 6.59. The van der Waals surface area contributed by atoms with Crippen LogP contribution in [0.3, 0.4) is 0 Å². The van der Waals surface area contributed by atoms with Gasteiger partial charge in [-0.15, -0.1) is 0 Å². The average Bonchev–Trinajstić information content (AvgIpc) is 2.50. The monoisotopic (exact) mass is 192 g/mol. The Bertz CT molecular complexity index is 490. The van der Waals surface area contributed by atoms with E-state index in [-0.39, 0.29) is 17.7 Å². The topological polar surface area (TPSA) is 110 Å². The first-order chi connectivity index (χ1) is 6.66. The maximum Gasteiger partial charge on any atom is 0.233 e. The van der Waals surface area contributed by atoms with Crippen molar-refractivity contribution in [3.63, 3.8) is 0 Å². The van der Waals surface area contributed by atoms with Crippen molar-refractivity contribution in [3.8, 4) is 0 Å². The van der Waals surface area contributed by atoms with E-state index < -0.39 is 0 Å². The number of nitrogens with one attached hydrogen (secondary N) is 2. The third-order valence-electron chi connectivity index (χ3n) is 1.59. The van der Waals surface area contributed by atoms with Crippen LogP contribution >= 0.6 is 0 Å². The van der Waals surface area contributed by atoms with E-state index in [1.165, 1.54) is 13.3 Å². The number of hydrogen-bond donors (Lipinski definition) is 3. The van der Waals surface area contributed by atoms with Crippen molar-refractivity contribution in [1.82, 2.24) is 19.9 Å². The SMILES string of the molecule is CC(=O)Nc1nc(N)c2nc[nH]c2n1. The van der Waals surface area contributed by atoms with E-state index in [9.17, 15) is 4.79 Å². The second-order valence-corrected chi connectivity index (χ2v) is 2.71. The second-order valence-electron chi connectivity index (χ2n) is 2.71. The van der Waals surface area contributed by atoms with E-state index in [0.717, 1.165) is 0 Å². The highest BCUT2D eigenvalue weighted by Crippen LogP contribution is 2.14. The minimum absolute atomic E-state index is 0.173. The van der Waals surface area contributed by atoms with E-state index in [1.807, 2.05) is 0 Å². The van der Waals surface area contributed by atoms with Crippen molar-refractivity contribution in [2.45, 2.75) is 6.92 Å². The van der Waals surface area contributed by atoms with Crippen LogP contribution in [-0.4, -0.2) is 25.8 Å². The molecule has 0 saturated heterocycles. The quantitative estimate of drug-likeness (QED) is 0.584. The Labute approximate surface area is 78.8 Å².